The molecule has 0 unspecified atom stereocenters. The molecule has 0 aromatic heterocycles. The highest BCUT2D eigenvalue weighted by Crippen LogP contribution is 2.15. The van der Waals surface area contributed by atoms with E-state index >= 15 is 0 Å². The quantitative estimate of drug-likeness (QED) is 0.117. The van der Waals surface area contributed by atoms with Gasteiger partial charge in [0.15, 0.2) is 0 Å². The summed E-state index contributed by atoms with van der Waals surface area (Å²) in [5.41, 5.74) is 0. The maximum absolute atomic E-state index is 5.13. The van der Waals surface area contributed by atoms with Crippen LogP contribution in [0.5, 0.6) is 0 Å². The van der Waals surface area contributed by atoms with Crippen LogP contribution in [0.3, 0.4) is 0 Å². The molecule has 0 saturated carbocycles. The molecule has 13 rings (SSSR count). The third-order valence-corrected chi connectivity index (χ3v) is 15.9. The Morgan fingerprint density at radius 2 is 0.367 bits per heavy atom. The molecule has 13 fully saturated rings. The van der Waals surface area contributed by atoms with Crippen LogP contribution in [-0.2, 0) is 23.7 Å². The first-order valence-corrected chi connectivity index (χ1v) is 34.5. The lowest BCUT2D eigenvalue weighted by Crippen LogP contribution is -2.21. The molecule has 0 aromatic rings. The number of hydrogen-bond donors (Lipinski definition) is 8. The van der Waals surface area contributed by atoms with Crippen molar-refractivity contribution in [3.8, 4) is 0 Å². The molecule has 13 aliphatic rings. The first kappa shape index (κ1) is 85.6. The molecule has 0 aromatic carbocycles. The molecular formula is C64H144N8O5S2. The zero-order valence-corrected chi connectivity index (χ0v) is 50.9. The maximum Gasteiger partial charge on any atom is 0.146 e. The number of ether oxygens (including phenoxy) is 5. The Balaban J connectivity index is -0.000000385. The van der Waals surface area contributed by atoms with Crippen molar-refractivity contribution >= 4 is 23.5 Å². The van der Waals surface area contributed by atoms with E-state index in [1.807, 2.05) is 0 Å². The zero-order valence-electron chi connectivity index (χ0n) is 49.3. The number of hydrogen-bond acceptors (Lipinski definition) is 15. The summed E-state index contributed by atoms with van der Waals surface area (Å²) in [6.45, 7) is 27.5. The van der Waals surface area contributed by atoms with Crippen LogP contribution in [0.25, 0.3) is 0 Å². The van der Waals surface area contributed by atoms with Crippen LogP contribution in [-0.4, -0.2) is 187 Å². The number of rotatable bonds is 0. The van der Waals surface area contributed by atoms with Gasteiger partial charge in [0.1, 0.15) is 6.79 Å². The topological polar surface area (TPSA) is 142 Å². The molecule has 8 N–H and O–H groups in total. The molecule has 0 spiro atoms. The molecule has 0 bridgehead atoms. The molecule has 79 heavy (non-hydrogen) atoms. The van der Waals surface area contributed by atoms with Crippen molar-refractivity contribution in [1.82, 2.24) is 42.5 Å². The lowest BCUT2D eigenvalue weighted by atomic mass is 10.2. The summed E-state index contributed by atoms with van der Waals surface area (Å²) in [4.78, 5) is 0. The van der Waals surface area contributed by atoms with Gasteiger partial charge >= 0.3 is 0 Å². The standard InChI is InChI=1S/C6H13N.C5H11NO.4C5H11N.C5H10O.C5H10S.2C4H9N.C4H8O.C4H8S.C3H6O2.4CH4/c1-2-4-6-7-5-3-1;1-2-6-3-5-7-4-1;6*1-2-4-6-5-3-1;4*1-2-4-5-3-1;1-2-5-3-4-1;;;;/h7H,1-6H2;6H,1-5H2;4*6H,1-5H2;2*1-5H2;2*5H,1-4H2;2*1-4H2;1-3H2;4*1H4. The summed E-state index contributed by atoms with van der Waals surface area (Å²) in [7, 11) is 0. The fourth-order valence-corrected chi connectivity index (χ4v) is 10.8. The smallest absolute Gasteiger partial charge is 0.146 e. The number of piperidine rings is 4. The van der Waals surface area contributed by atoms with E-state index in [4.69, 9.17) is 23.7 Å². The van der Waals surface area contributed by atoms with Crippen LogP contribution < -0.4 is 42.5 Å². The largest absolute Gasteiger partial charge is 0.381 e. The van der Waals surface area contributed by atoms with Crippen molar-refractivity contribution in [2.24, 2.45) is 0 Å². The number of thioether (sulfide) groups is 2. The average Bonchev–Trinajstić information content (AvgIpc) is 4.40. The summed E-state index contributed by atoms with van der Waals surface area (Å²) in [5, 5.41) is 26.2. The summed E-state index contributed by atoms with van der Waals surface area (Å²) in [5.74, 6) is 5.67. The highest BCUT2D eigenvalue weighted by atomic mass is 32.2. The molecule has 13 aliphatic heterocycles. The van der Waals surface area contributed by atoms with Crippen molar-refractivity contribution in [2.75, 3.05) is 187 Å². The second-order valence-corrected chi connectivity index (χ2v) is 23.4. The van der Waals surface area contributed by atoms with Crippen LogP contribution in [0.4, 0.5) is 0 Å². The highest BCUT2D eigenvalue weighted by Gasteiger charge is 2.01. The van der Waals surface area contributed by atoms with E-state index in [-0.39, 0.29) is 29.7 Å². The van der Waals surface area contributed by atoms with Crippen molar-refractivity contribution in [3.63, 3.8) is 0 Å². The first-order valence-electron chi connectivity index (χ1n) is 32.2. The van der Waals surface area contributed by atoms with E-state index in [9.17, 15) is 0 Å². The minimum absolute atomic E-state index is 0. The third-order valence-electron chi connectivity index (χ3n) is 13.6. The van der Waals surface area contributed by atoms with Gasteiger partial charge in [0, 0.05) is 39.6 Å². The highest BCUT2D eigenvalue weighted by molar-refractivity contribution is 7.99. The van der Waals surface area contributed by atoms with E-state index in [1.54, 1.807) is 0 Å². The maximum atomic E-state index is 5.13. The Kier molecular flexibility index (Phi) is 89.3. The zero-order chi connectivity index (χ0) is 53.0. The second kappa shape index (κ2) is 82.4. The molecule has 13 heterocycles. The molecule has 13 nitrogen and oxygen atoms in total. The van der Waals surface area contributed by atoms with Gasteiger partial charge in [-0.3, -0.25) is 0 Å². The number of nitrogens with one attached hydrogen (secondary N) is 8. The van der Waals surface area contributed by atoms with Crippen LogP contribution in [0.2, 0.25) is 0 Å². The fraction of sp³-hybridized carbons (Fsp3) is 1.00. The summed E-state index contributed by atoms with van der Waals surface area (Å²) in [6.07, 6.45) is 43.1. The molecule has 15 heteroatoms. The molecule has 0 radical (unpaired) electrons. The lowest BCUT2D eigenvalue weighted by molar-refractivity contribution is 0.0692. The first-order chi connectivity index (χ1) is 37.5. The van der Waals surface area contributed by atoms with E-state index < -0.39 is 0 Å². The summed E-state index contributed by atoms with van der Waals surface area (Å²) >= 11 is 4.17. The van der Waals surface area contributed by atoms with E-state index in [1.165, 1.54) is 314 Å². The van der Waals surface area contributed by atoms with Crippen LogP contribution in [0, 0.1) is 0 Å². The normalized spacial score (nSPS) is 22.8. The van der Waals surface area contributed by atoms with Gasteiger partial charge in [-0.1, -0.05) is 74.7 Å². The Hall–Kier alpha value is 0.180. The van der Waals surface area contributed by atoms with Gasteiger partial charge in [-0.15, -0.1) is 0 Å². The molecule has 13 saturated heterocycles. The van der Waals surface area contributed by atoms with E-state index in [2.05, 4.69) is 66.1 Å². The Morgan fingerprint density at radius 3 is 0.582 bits per heavy atom. The predicted octanol–water partition coefficient (Wildman–Crippen LogP) is 12.9. The van der Waals surface area contributed by atoms with Crippen molar-refractivity contribution in [1.29, 1.82) is 0 Å². The van der Waals surface area contributed by atoms with Gasteiger partial charge in [0.25, 0.3) is 0 Å². The Labute approximate surface area is 503 Å². The Morgan fingerprint density at radius 1 is 0.165 bits per heavy atom. The monoisotopic (exact) mass is 1170 g/mol. The molecule has 482 valence electrons. The van der Waals surface area contributed by atoms with Crippen LogP contribution >= 0.6 is 23.5 Å². The van der Waals surface area contributed by atoms with Crippen molar-refractivity contribution in [3.05, 3.63) is 0 Å². The molecular weight excluding hydrogens is 1020 g/mol. The molecule has 0 aliphatic carbocycles. The fourth-order valence-electron chi connectivity index (χ4n) is 8.80. The minimum Gasteiger partial charge on any atom is -0.381 e. The minimum atomic E-state index is 0. The summed E-state index contributed by atoms with van der Waals surface area (Å²) in [6, 6.07) is 0. The van der Waals surface area contributed by atoms with Gasteiger partial charge < -0.3 is 66.2 Å². The molecule has 0 amide bonds. The Bertz CT molecular complexity index is 655. The van der Waals surface area contributed by atoms with Gasteiger partial charge in [-0.25, -0.2) is 0 Å². The second-order valence-electron chi connectivity index (χ2n) is 21.0. The third kappa shape index (κ3) is 80.3. The van der Waals surface area contributed by atoms with Crippen molar-refractivity contribution < 1.29 is 23.7 Å². The van der Waals surface area contributed by atoms with Crippen molar-refractivity contribution in [2.45, 2.75) is 229 Å². The summed E-state index contributed by atoms with van der Waals surface area (Å²) < 4.78 is 24.6. The van der Waals surface area contributed by atoms with E-state index in [0.29, 0.717) is 6.79 Å². The molecule has 0 atom stereocenters. The lowest BCUT2D eigenvalue weighted by Gasteiger charge is -2.08. The van der Waals surface area contributed by atoms with Gasteiger partial charge in [0.05, 0.1) is 19.8 Å². The van der Waals surface area contributed by atoms with Gasteiger partial charge in [-0.2, -0.15) is 23.5 Å². The predicted molar refractivity (Wildman–Crippen MR) is 357 cm³/mol. The van der Waals surface area contributed by atoms with Crippen LogP contribution in [0.1, 0.15) is 229 Å². The average molecular weight is 1170 g/mol. The van der Waals surface area contributed by atoms with Gasteiger partial charge in [-0.05, 0) is 275 Å². The SMILES string of the molecule is C.C.C.C.C1CCCNCC1.C1CCNC1.C1CCNC1.C1CCNCC1.C1CCNCC1.C1CCNCC1.C1CCNCC1.C1CCOC1.C1CCOCC1.C1CCSC1.C1CCSCC1.C1CNCCOC1.C1COCO1. The van der Waals surface area contributed by atoms with Crippen LogP contribution in [0.15, 0.2) is 0 Å². The van der Waals surface area contributed by atoms with Gasteiger partial charge in [0.2, 0.25) is 0 Å². The van der Waals surface area contributed by atoms with E-state index in [0.717, 1.165) is 65.9 Å².